The second-order valence-corrected chi connectivity index (χ2v) is 6.10. The van der Waals surface area contributed by atoms with Gasteiger partial charge in [0.1, 0.15) is 5.69 Å². The minimum Gasteiger partial charge on any atom is -0.318 e. The van der Waals surface area contributed by atoms with E-state index in [-0.39, 0.29) is 5.91 Å². The Bertz CT molecular complexity index is 848. The molecule has 0 aliphatic carbocycles. The molecule has 0 saturated heterocycles. The van der Waals surface area contributed by atoms with E-state index in [1.54, 1.807) is 28.0 Å². The molecule has 126 valence electrons. The summed E-state index contributed by atoms with van der Waals surface area (Å²) in [5, 5.41) is 15.5. The van der Waals surface area contributed by atoms with Crippen molar-refractivity contribution < 1.29 is 4.79 Å². The summed E-state index contributed by atoms with van der Waals surface area (Å²) in [6.45, 7) is 6.03. The molecule has 3 heterocycles. The minimum absolute atomic E-state index is 0.223. The lowest BCUT2D eigenvalue weighted by Crippen LogP contribution is -2.17. The summed E-state index contributed by atoms with van der Waals surface area (Å²) in [4.78, 5) is 12.4. The first-order valence-electron chi connectivity index (χ1n) is 7.67. The van der Waals surface area contributed by atoms with Gasteiger partial charge in [0.05, 0.1) is 35.3 Å². The van der Waals surface area contributed by atoms with E-state index in [1.807, 2.05) is 30.9 Å². The summed E-state index contributed by atoms with van der Waals surface area (Å²) in [7, 11) is 0. The van der Waals surface area contributed by atoms with Crippen LogP contribution in [0.1, 0.15) is 29.9 Å². The van der Waals surface area contributed by atoms with E-state index >= 15 is 0 Å². The van der Waals surface area contributed by atoms with Crippen molar-refractivity contribution in [3.05, 3.63) is 46.7 Å². The first-order chi connectivity index (χ1) is 11.6. The van der Waals surface area contributed by atoms with Crippen LogP contribution in [0.2, 0.25) is 0 Å². The minimum atomic E-state index is -0.223. The van der Waals surface area contributed by atoms with Crippen LogP contribution in [0.3, 0.4) is 0 Å². The molecule has 0 unspecified atom stereocenters. The van der Waals surface area contributed by atoms with Crippen molar-refractivity contribution >= 4 is 27.5 Å². The highest BCUT2D eigenvalue weighted by atomic mass is 79.9. The van der Waals surface area contributed by atoms with E-state index < -0.39 is 0 Å². The number of carbonyl (C=O) groups is 1. The molecule has 0 spiro atoms. The zero-order valence-corrected chi connectivity index (χ0v) is 15.1. The zero-order chi connectivity index (χ0) is 17.1. The molecule has 1 amide bonds. The van der Waals surface area contributed by atoms with Gasteiger partial charge in [0.25, 0.3) is 5.91 Å². The molecule has 0 radical (unpaired) electrons. The standard InChI is InChI=1S/C15H18BrN7O/c1-3-21-8-11(5-17-21)9-22-10-12(6-18-22)20-15(24)14-13(16)7-19-23(14)4-2/h5-8,10H,3-4,9H2,1-2H3,(H,20,24). The molecule has 1 N–H and O–H groups in total. The van der Waals surface area contributed by atoms with Crippen LogP contribution in [0, 0.1) is 0 Å². The molecule has 24 heavy (non-hydrogen) atoms. The number of carbonyl (C=O) groups excluding carboxylic acids is 1. The van der Waals surface area contributed by atoms with Crippen LogP contribution >= 0.6 is 15.9 Å². The SMILES string of the molecule is CCn1cc(Cn2cc(NC(=O)c3c(Br)cnn3CC)cn2)cn1. The monoisotopic (exact) mass is 391 g/mol. The quantitative estimate of drug-likeness (QED) is 0.698. The lowest BCUT2D eigenvalue weighted by atomic mass is 10.3. The van der Waals surface area contributed by atoms with Gasteiger partial charge in [-0.1, -0.05) is 0 Å². The highest BCUT2D eigenvalue weighted by Gasteiger charge is 2.17. The van der Waals surface area contributed by atoms with Gasteiger partial charge in [-0.2, -0.15) is 15.3 Å². The Morgan fingerprint density at radius 1 is 1.08 bits per heavy atom. The zero-order valence-electron chi connectivity index (χ0n) is 13.5. The van der Waals surface area contributed by atoms with E-state index in [4.69, 9.17) is 0 Å². The third-order valence-electron chi connectivity index (χ3n) is 3.56. The number of amides is 1. The van der Waals surface area contributed by atoms with Crippen LogP contribution in [-0.2, 0) is 19.6 Å². The molecule has 0 aromatic carbocycles. The van der Waals surface area contributed by atoms with E-state index in [1.165, 1.54) is 0 Å². The van der Waals surface area contributed by atoms with Crippen molar-refractivity contribution in [1.29, 1.82) is 0 Å². The lowest BCUT2D eigenvalue weighted by molar-refractivity contribution is 0.101. The molecule has 0 saturated carbocycles. The van der Waals surface area contributed by atoms with E-state index in [9.17, 15) is 4.79 Å². The van der Waals surface area contributed by atoms with Gasteiger partial charge in [-0.15, -0.1) is 0 Å². The molecular formula is C15H18BrN7O. The highest BCUT2D eigenvalue weighted by molar-refractivity contribution is 9.10. The highest BCUT2D eigenvalue weighted by Crippen LogP contribution is 2.18. The van der Waals surface area contributed by atoms with Crippen LogP contribution in [0.4, 0.5) is 5.69 Å². The maximum atomic E-state index is 12.4. The summed E-state index contributed by atoms with van der Waals surface area (Å²) in [5.74, 6) is -0.223. The third-order valence-corrected chi connectivity index (χ3v) is 4.14. The predicted molar refractivity (Wildman–Crippen MR) is 92.8 cm³/mol. The average molecular weight is 392 g/mol. The fraction of sp³-hybridized carbons (Fsp3) is 0.333. The largest absolute Gasteiger partial charge is 0.318 e. The Labute approximate surface area is 147 Å². The van der Waals surface area contributed by atoms with Crippen LogP contribution in [0.5, 0.6) is 0 Å². The second kappa shape index (κ2) is 7.00. The molecule has 0 fully saturated rings. The predicted octanol–water partition coefficient (Wildman–Crippen LogP) is 2.38. The van der Waals surface area contributed by atoms with Crippen molar-refractivity contribution in [3.63, 3.8) is 0 Å². The van der Waals surface area contributed by atoms with Crippen molar-refractivity contribution in [2.45, 2.75) is 33.5 Å². The second-order valence-electron chi connectivity index (χ2n) is 5.24. The molecule has 0 aliphatic rings. The van der Waals surface area contributed by atoms with Gasteiger partial charge in [0, 0.05) is 31.0 Å². The summed E-state index contributed by atoms with van der Waals surface area (Å²) in [6.07, 6.45) is 8.84. The number of halogens is 1. The van der Waals surface area contributed by atoms with Crippen molar-refractivity contribution in [2.24, 2.45) is 0 Å². The van der Waals surface area contributed by atoms with Gasteiger partial charge < -0.3 is 5.32 Å². The number of nitrogens with zero attached hydrogens (tertiary/aromatic N) is 6. The normalized spacial score (nSPS) is 11.0. The maximum absolute atomic E-state index is 12.4. The number of rotatable bonds is 6. The first-order valence-corrected chi connectivity index (χ1v) is 8.46. The van der Waals surface area contributed by atoms with Gasteiger partial charge in [0.2, 0.25) is 0 Å². The van der Waals surface area contributed by atoms with Gasteiger partial charge in [-0.25, -0.2) is 0 Å². The van der Waals surface area contributed by atoms with E-state index in [2.05, 4.69) is 36.5 Å². The van der Waals surface area contributed by atoms with Gasteiger partial charge in [-0.05, 0) is 29.8 Å². The van der Waals surface area contributed by atoms with Gasteiger partial charge in [0.15, 0.2) is 0 Å². The van der Waals surface area contributed by atoms with Crippen LogP contribution < -0.4 is 5.32 Å². The van der Waals surface area contributed by atoms with E-state index in [0.717, 1.165) is 12.1 Å². The van der Waals surface area contributed by atoms with Crippen molar-refractivity contribution in [1.82, 2.24) is 29.3 Å². The maximum Gasteiger partial charge on any atom is 0.275 e. The average Bonchev–Trinajstić information content (AvgIpc) is 3.28. The Morgan fingerprint density at radius 3 is 2.58 bits per heavy atom. The van der Waals surface area contributed by atoms with Crippen molar-refractivity contribution in [2.75, 3.05) is 5.32 Å². The molecule has 8 nitrogen and oxygen atoms in total. The van der Waals surface area contributed by atoms with Crippen molar-refractivity contribution in [3.8, 4) is 0 Å². The number of nitrogens with one attached hydrogen (secondary N) is 1. The molecule has 3 aromatic heterocycles. The number of hydrogen-bond donors (Lipinski definition) is 1. The summed E-state index contributed by atoms with van der Waals surface area (Å²) >= 11 is 3.36. The Morgan fingerprint density at radius 2 is 1.88 bits per heavy atom. The summed E-state index contributed by atoms with van der Waals surface area (Å²) < 4.78 is 5.94. The van der Waals surface area contributed by atoms with Gasteiger partial charge >= 0.3 is 0 Å². The number of aromatic nitrogens is 6. The Hall–Kier alpha value is -2.42. The molecule has 3 aromatic rings. The summed E-state index contributed by atoms with van der Waals surface area (Å²) in [5.41, 5.74) is 2.19. The van der Waals surface area contributed by atoms with E-state index in [0.29, 0.717) is 28.9 Å². The van der Waals surface area contributed by atoms with Crippen LogP contribution in [-0.4, -0.2) is 35.2 Å². The fourth-order valence-electron chi connectivity index (χ4n) is 2.38. The molecule has 0 aliphatic heterocycles. The van der Waals surface area contributed by atoms with Crippen LogP contribution in [0.15, 0.2) is 35.5 Å². The van der Waals surface area contributed by atoms with Crippen LogP contribution in [0.25, 0.3) is 0 Å². The molecule has 9 heteroatoms. The number of anilines is 1. The van der Waals surface area contributed by atoms with Gasteiger partial charge in [-0.3, -0.25) is 18.8 Å². The Kier molecular flexibility index (Phi) is 4.79. The molecule has 0 atom stereocenters. The smallest absolute Gasteiger partial charge is 0.275 e. The third kappa shape index (κ3) is 3.40. The number of hydrogen-bond acceptors (Lipinski definition) is 4. The summed E-state index contributed by atoms with van der Waals surface area (Å²) in [6, 6.07) is 0. The lowest BCUT2D eigenvalue weighted by Gasteiger charge is -2.05. The number of aryl methyl sites for hydroxylation is 2. The topological polar surface area (TPSA) is 82.6 Å². The fourth-order valence-corrected chi connectivity index (χ4v) is 2.86. The first kappa shape index (κ1) is 16.4. The molecule has 0 bridgehead atoms. The Balaban J connectivity index is 1.69. The molecular weight excluding hydrogens is 374 g/mol. The molecule has 3 rings (SSSR count).